The fourth-order valence-corrected chi connectivity index (χ4v) is 2.67. The Morgan fingerprint density at radius 2 is 2.19 bits per heavy atom. The van der Waals surface area contributed by atoms with Gasteiger partial charge in [0.15, 0.2) is 5.78 Å². The third kappa shape index (κ3) is 1.90. The maximum atomic E-state index is 11.8. The number of nitriles is 1. The van der Waals surface area contributed by atoms with Gasteiger partial charge in [0, 0.05) is 10.9 Å². The van der Waals surface area contributed by atoms with Crippen molar-refractivity contribution >= 4 is 21.7 Å². The maximum absolute atomic E-state index is 11.8. The molecule has 0 spiro atoms. The molecule has 0 radical (unpaired) electrons. The highest BCUT2D eigenvalue weighted by atomic mass is 79.9. The van der Waals surface area contributed by atoms with Crippen LogP contribution in [0.15, 0.2) is 28.7 Å². The van der Waals surface area contributed by atoms with E-state index in [0.717, 1.165) is 16.5 Å². The molecule has 3 heteroatoms. The maximum Gasteiger partial charge on any atom is 0.153 e. The summed E-state index contributed by atoms with van der Waals surface area (Å²) in [6.45, 7) is 0. The Bertz CT molecular complexity index is 463. The van der Waals surface area contributed by atoms with E-state index in [-0.39, 0.29) is 5.78 Å². The van der Waals surface area contributed by atoms with E-state index in [2.05, 4.69) is 22.0 Å². The second-order valence-corrected chi connectivity index (χ2v) is 5.09. The molecule has 2 nitrogen and oxygen atoms in total. The summed E-state index contributed by atoms with van der Waals surface area (Å²) in [5.74, 6) is 0.103. The van der Waals surface area contributed by atoms with Gasteiger partial charge in [-0.25, -0.2) is 0 Å². The van der Waals surface area contributed by atoms with Crippen LogP contribution in [0.1, 0.15) is 24.8 Å². The van der Waals surface area contributed by atoms with Gasteiger partial charge in [0.1, 0.15) is 5.41 Å². The van der Waals surface area contributed by atoms with Crippen LogP contribution in [0.4, 0.5) is 0 Å². The molecule has 0 saturated heterocycles. The minimum Gasteiger partial charge on any atom is -0.298 e. The van der Waals surface area contributed by atoms with Crippen molar-refractivity contribution in [1.29, 1.82) is 5.26 Å². The summed E-state index contributed by atoms with van der Waals surface area (Å²) in [6, 6.07) is 10.0. The first-order chi connectivity index (χ1) is 7.68. The first kappa shape index (κ1) is 11.3. The number of halogens is 1. The second kappa shape index (κ2) is 4.39. The van der Waals surface area contributed by atoms with E-state index in [1.54, 1.807) is 0 Å². The molecule has 16 heavy (non-hydrogen) atoms. The summed E-state index contributed by atoms with van der Waals surface area (Å²) < 4.78 is 0.976. The van der Waals surface area contributed by atoms with Crippen molar-refractivity contribution in [2.75, 3.05) is 0 Å². The third-order valence-electron chi connectivity index (χ3n) is 3.21. The third-order valence-corrected chi connectivity index (χ3v) is 3.98. The lowest BCUT2D eigenvalue weighted by Gasteiger charge is -2.19. The van der Waals surface area contributed by atoms with Crippen molar-refractivity contribution in [3.8, 4) is 6.07 Å². The van der Waals surface area contributed by atoms with Gasteiger partial charge in [0.2, 0.25) is 0 Å². The Labute approximate surface area is 103 Å². The van der Waals surface area contributed by atoms with Crippen molar-refractivity contribution in [3.05, 3.63) is 34.3 Å². The molecule has 1 aliphatic rings. The number of carbonyl (C=O) groups is 1. The van der Waals surface area contributed by atoms with Crippen LogP contribution in [-0.4, -0.2) is 5.78 Å². The first-order valence-corrected chi connectivity index (χ1v) is 6.15. The molecule has 0 N–H and O–H groups in total. The monoisotopic (exact) mass is 277 g/mol. The molecule has 82 valence electrons. The molecule has 0 amide bonds. The van der Waals surface area contributed by atoms with Gasteiger partial charge in [0.05, 0.1) is 6.07 Å². The van der Waals surface area contributed by atoms with E-state index >= 15 is 0 Å². The van der Waals surface area contributed by atoms with Crippen molar-refractivity contribution in [2.45, 2.75) is 25.7 Å². The fraction of sp³-hybridized carbons (Fsp3) is 0.385. The normalized spacial score (nSPS) is 24.4. The number of hydrogen-bond acceptors (Lipinski definition) is 2. The van der Waals surface area contributed by atoms with Crippen LogP contribution >= 0.6 is 15.9 Å². The molecule has 0 bridgehead atoms. The smallest absolute Gasteiger partial charge is 0.153 e. The highest BCUT2D eigenvalue weighted by Gasteiger charge is 2.42. The van der Waals surface area contributed by atoms with Crippen LogP contribution in [0, 0.1) is 16.7 Å². The lowest BCUT2D eigenvalue weighted by atomic mass is 9.81. The summed E-state index contributed by atoms with van der Waals surface area (Å²) in [5.41, 5.74) is 0.267. The second-order valence-electron chi connectivity index (χ2n) is 4.24. The molecule has 0 aromatic heterocycles. The number of rotatable bonds is 2. The molecule has 1 unspecified atom stereocenters. The number of hydrogen-bond donors (Lipinski definition) is 0. The van der Waals surface area contributed by atoms with Crippen molar-refractivity contribution in [2.24, 2.45) is 5.41 Å². The molecule has 2 rings (SSSR count). The van der Waals surface area contributed by atoms with Crippen LogP contribution in [0.3, 0.4) is 0 Å². The largest absolute Gasteiger partial charge is 0.298 e. The molecule has 0 aliphatic heterocycles. The number of ketones is 1. The zero-order valence-electron chi connectivity index (χ0n) is 8.87. The van der Waals surface area contributed by atoms with E-state index in [4.69, 9.17) is 0 Å². The highest BCUT2D eigenvalue weighted by Crippen LogP contribution is 2.38. The van der Waals surface area contributed by atoms with Crippen LogP contribution < -0.4 is 0 Å². The van der Waals surface area contributed by atoms with E-state index in [0.29, 0.717) is 19.3 Å². The molecular weight excluding hydrogens is 266 g/mol. The first-order valence-electron chi connectivity index (χ1n) is 5.36. The zero-order chi connectivity index (χ0) is 11.6. The fourth-order valence-electron chi connectivity index (χ4n) is 2.24. The van der Waals surface area contributed by atoms with Gasteiger partial charge in [-0.1, -0.05) is 34.1 Å². The average Bonchev–Trinajstić information content (AvgIpc) is 2.64. The molecular formula is C13H12BrNO. The quantitative estimate of drug-likeness (QED) is 0.833. The summed E-state index contributed by atoms with van der Waals surface area (Å²) >= 11 is 3.46. The van der Waals surface area contributed by atoms with E-state index in [1.807, 2.05) is 24.3 Å². The van der Waals surface area contributed by atoms with Crippen molar-refractivity contribution in [3.63, 3.8) is 0 Å². The van der Waals surface area contributed by atoms with Crippen LogP contribution in [0.25, 0.3) is 0 Å². The van der Waals surface area contributed by atoms with Gasteiger partial charge in [-0.3, -0.25) is 4.79 Å². The molecule has 1 fully saturated rings. The van der Waals surface area contributed by atoms with Gasteiger partial charge < -0.3 is 0 Å². The summed E-state index contributed by atoms with van der Waals surface area (Å²) in [6.07, 6.45) is 2.63. The average molecular weight is 278 g/mol. The topological polar surface area (TPSA) is 40.9 Å². The SMILES string of the molecule is N#CC1(Cc2ccccc2Br)CCCC1=O. The van der Waals surface area contributed by atoms with Gasteiger partial charge in [-0.05, 0) is 30.9 Å². The van der Waals surface area contributed by atoms with Crippen LogP contribution in [-0.2, 0) is 11.2 Å². The Balaban J connectivity index is 2.30. The highest BCUT2D eigenvalue weighted by molar-refractivity contribution is 9.10. The molecule has 0 heterocycles. The van der Waals surface area contributed by atoms with Crippen molar-refractivity contribution in [1.82, 2.24) is 0 Å². The number of Topliss-reactive ketones (excluding diaryl/α,β-unsaturated/α-hetero) is 1. The number of carbonyl (C=O) groups excluding carboxylic acids is 1. The predicted molar refractivity (Wildman–Crippen MR) is 64.8 cm³/mol. The lowest BCUT2D eigenvalue weighted by molar-refractivity contribution is -0.123. The summed E-state index contributed by atoms with van der Waals surface area (Å²) in [4.78, 5) is 11.8. The molecule has 1 aliphatic carbocycles. The Morgan fingerprint density at radius 3 is 2.75 bits per heavy atom. The Hall–Kier alpha value is -1.14. The van der Waals surface area contributed by atoms with E-state index in [9.17, 15) is 10.1 Å². The van der Waals surface area contributed by atoms with Gasteiger partial charge in [-0.2, -0.15) is 5.26 Å². The van der Waals surface area contributed by atoms with E-state index < -0.39 is 5.41 Å². The minimum absolute atomic E-state index is 0.103. The molecule has 1 saturated carbocycles. The predicted octanol–water partition coefficient (Wildman–Crippen LogP) is 3.25. The molecule has 1 aromatic rings. The Kier molecular flexibility index (Phi) is 3.11. The Morgan fingerprint density at radius 1 is 1.44 bits per heavy atom. The standard InChI is InChI=1S/C13H12BrNO/c14-11-5-2-1-4-10(11)8-13(9-15)7-3-6-12(13)16/h1-2,4-5H,3,6-8H2. The molecule has 1 aromatic carbocycles. The van der Waals surface area contributed by atoms with Gasteiger partial charge >= 0.3 is 0 Å². The molecule has 1 atom stereocenters. The van der Waals surface area contributed by atoms with Gasteiger partial charge in [0.25, 0.3) is 0 Å². The van der Waals surface area contributed by atoms with E-state index in [1.165, 1.54) is 0 Å². The lowest BCUT2D eigenvalue weighted by Crippen LogP contribution is -2.26. The summed E-state index contributed by atoms with van der Waals surface area (Å²) in [7, 11) is 0. The zero-order valence-corrected chi connectivity index (χ0v) is 10.5. The summed E-state index contributed by atoms with van der Waals surface area (Å²) in [5, 5.41) is 9.25. The minimum atomic E-state index is -0.774. The van der Waals surface area contributed by atoms with Gasteiger partial charge in [-0.15, -0.1) is 0 Å². The van der Waals surface area contributed by atoms with Crippen LogP contribution in [0.5, 0.6) is 0 Å². The van der Waals surface area contributed by atoms with Crippen LogP contribution in [0.2, 0.25) is 0 Å². The van der Waals surface area contributed by atoms with Crippen molar-refractivity contribution < 1.29 is 4.79 Å². The number of nitrogens with zero attached hydrogens (tertiary/aromatic N) is 1. The number of benzene rings is 1.